The zero-order chi connectivity index (χ0) is 31.5. The van der Waals surface area contributed by atoms with Crippen LogP contribution in [0.4, 0.5) is 5.69 Å². The van der Waals surface area contributed by atoms with Gasteiger partial charge in [0.05, 0.1) is 11.6 Å². The van der Waals surface area contributed by atoms with Gasteiger partial charge in [-0.2, -0.15) is 0 Å². The summed E-state index contributed by atoms with van der Waals surface area (Å²) in [7, 11) is 6.75. The Kier molecular flexibility index (Phi) is 7.45. The Balaban J connectivity index is 1.61. The molecular weight excluding hydrogens is 558 g/mol. The molecule has 1 heterocycles. The number of carbonyl (C=O) groups is 3. The van der Waals surface area contributed by atoms with E-state index >= 15 is 0 Å². The fourth-order valence-electron chi connectivity index (χ4n) is 6.79. The van der Waals surface area contributed by atoms with Gasteiger partial charge in [0.25, 0.3) is 5.91 Å². The molecule has 228 valence electrons. The summed E-state index contributed by atoms with van der Waals surface area (Å²) >= 11 is 0. The summed E-state index contributed by atoms with van der Waals surface area (Å²) in [4.78, 5) is 42.8. The first-order chi connectivity index (χ1) is 20.2. The molecule has 13 heteroatoms. The number of nitrogens with zero attached hydrogens (tertiary/aromatic N) is 3. The largest absolute Gasteiger partial charge is 0.508 e. The summed E-state index contributed by atoms with van der Waals surface area (Å²) in [5, 5.41) is 58.5. The van der Waals surface area contributed by atoms with Crippen LogP contribution in [-0.4, -0.2) is 87.8 Å². The number of aliphatic hydroxyl groups is 3. The average Bonchev–Trinajstić information content (AvgIpc) is 2.92. The molecule has 0 spiro atoms. The van der Waals surface area contributed by atoms with Crippen molar-refractivity contribution in [3.63, 3.8) is 0 Å². The van der Waals surface area contributed by atoms with Gasteiger partial charge in [0.1, 0.15) is 22.8 Å². The highest BCUT2D eigenvalue weighted by Gasteiger charge is 2.64. The van der Waals surface area contributed by atoms with Crippen LogP contribution < -0.4 is 20.7 Å². The number of hydrogen-bond donors (Lipinski definition) is 7. The Bertz CT molecular complexity index is 1600. The van der Waals surface area contributed by atoms with Gasteiger partial charge in [-0.3, -0.25) is 24.5 Å². The molecular formula is C30H36N5O8+. The van der Waals surface area contributed by atoms with Crippen LogP contribution in [0.3, 0.4) is 0 Å². The van der Waals surface area contributed by atoms with Crippen LogP contribution in [0.25, 0.3) is 5.76 Å². The number of phenols is 1. The Hall–Kier alpha value is -4.46. The third-order valence-corrected chi connectivity index (χ3v) is 8.79. The molecule has 0 bridgehead atoms. The van der Waals surface area contributed by atoms with Crippen LogP contribution in [0.2, 0.25) is 0 Å². The normalized spacial score (nSPS) is 25.0. The minimum atomic E-state index is -2.69. The fraction of sp³-hybridized carbons (Fsp3) is 0.400. The molecule has 3 aliphatic rings. The first kappa shape index (κ1) is 30.0. The van der Waals surface area contributed by atoms with Gasteiger partial charge in [-0.25, -0.2) is 0 Å². The number of rotatable bonds is 7. The third-order valence-electron chi connectivity index (χ3n) is 8.79. The zero-order valence-electron chi connectivity index (χ0n) is 24.3. The van der Waals surface area contributed by atoms with Crippen molar-refractivity contribution in [2.75, 3.05) is 33.1 Å². The Morgan fingerprint density at radius 1 is 1.12 bits per heavy atom. The number of carbonyl (C=O) groups excluding carboxylic acids is 3. The van der Waals surface area contributed by atoms with Gasteiger partial charge < -0.3 is 36.4 Å². The maximum atomic E-state index is 14.1. The molecule has 1 aromatic carbocycles. The summed E-state index contributed by atoms with van der Waals surface area (Å²) in [5.74, 6) is -6.81. The quantitative estimate of drug-likeness (QED) is 0.128. The van der Waals surface area contributed by atoms with Gasteiger partial charge in [0, 0.05) is 66.8 Å². The minimum absolute atomic E-state index is 0.0214. The van der Waals surface area contributed by atoms with Crippen molar-refractivity contribution in [2.24, 2.45) is 17.6 Å². The predicted octanol–water partition coefficient (Wildman–Crippen LogP) is -0.155. The van der Waals surface area contributed by atoms with Crippen LogP contribution in [0.5, 0.6) is 5.75 Å². The van der Waals surface area contributed by atoms with Crippen LogP contribution in [0, 0.1) is 11.8 Å². The molecule has 5 rings (SSSR count). The highest BCUT2D eigenvalue weighted by Crippen LogP contribution is 2.54. The van der Waals surface area contributed by atoms with E-state index in [4.69, 9.17) is 5.73 Å². The lowest BCUT2D eigenvalue weighted by molar-refractivity contribution is -0.904. The lowest BCUT2D eigenvalue weighted by Gasteiger charge is -2.50. The molecule has 43 heavy (non-hydrogen) atoms. The number of benzene rings is 1. The van der Waals surface area contributed by atoms with Gasteiger partial charge in [-0.1, -0.05) is 0 Å². The Labute approximate surface area is 247 Å². The number of Topliss-reactive ketones (excluding diaryl/α,β-unsaturated/α-hetero) is 2. The molecule has 1 amide bonds. The summed E-state index contributed by atoms with van der Waals surface area (Å²) in [6.45, 7) is 0.606. The highest BCUT2D eigenvalue weighted by atomic mass is 16.5. The van der Waals surface area contributed by atoms with Gasteiger partial charge in [0.2, 0.25) is 18.2 Å². The Morgan fingerprint density at radius 2 is 1.77 bits per heavy atom. The van der Waals surface area contributed by atoms with Crippen molar-refractivity contribution < 1.29 is 44.7 Å². The maximum absolute atomic E-state index is 14.1. The number of primary amides is 1. The van der Waals surface area contributed by atoms with E-state index in [-0.39, 0.29) is 36.3 Å². The van der Waals surface area contributed by atoms with Crippen molar-refractivity contribution in [1.29, 1.82) is 0 Å². The zero-order valence-corrected chi connectivity index (χ0v) is 24.3. The van der Waals surface area contributed by atoms with Gasteiger partial charge >= 0.3 is 0 Å². The number of nitrogens with two attached hydrogens (primary N) is 1. The van der Waals surface area contributed by atoms with E-state index in [1.807, 2.05) is 19.0 Å². The summed E-state index contributed by atoms with van der Waals surface area (Å²) in [5.41, 5.74) is 4.31. The number of aliphatic hydroxyl groups excluding tert-OH is 2. The summed E-state index contributed by atoms with van der Waals surface area (Å²) in [6.07, 6.45) is 3.20. The van der Waals surface area contributed by atoms with Crippen molar-refractivity contribution in [3.05, 3.63) is 69.8 Å². The topological polar surface area (TPSA) is 201 Å². The van der Waals surface area contributed by atoms with Crippen LogP contribution in [0.1, 0.15) is 28.7 Å². The van der Waals surface area contributed by atoms with E-state index < -0.39 is 58.0 Å². The van der Waals surface area contributed by atoms with Gasteiger partial charge in [0.15, 0.2) is 11.4 Å². The van der Waals surface area contributed by atoms with E-state index in [0.29, 0.717) is 23.4 Å². The molecule has 1 aromatic heterocycles. The van der Waals surface area contributed by atoms with Crippen molar-refractivity contribution in [2.45, 2.75) is 37.6 Å². The highest BCUT2D eigenvalue weighted by molar-refractivity contribution is 6.24. The number of aromatic hydroxyl groups is 1. The van der Waals surface area contributed by atoms with Crippen molar-refractivity contribution in [3.8, 4) is 5.75 Å². The number of likely N-dealkylation sites (N-methyl/N-ethyl adjacent to an activating group) is 1. The van der Waals surface area contributed by atoms with Crippen LogP contribution in [0.15, 0.2) is 47.5 Å². The standard InChI is InChI=1S/C30H35N5O8/c1-33(2)19-11-16(13-32-12-14-5-7-35(43)8-6-14)24(36)21-17(19)9-15-10-18-23(34(3)4)26(38)22(29(31)41)28(40)30(18,42)27(39)20(15)25(21)37/h5-8,11,15,18,23,32,42H,9-10,12-13H2,1-4H3,(H5-,31,36,37,38,39,40,41,43)/p+1/t15-,18-,23-,30-/m0/s1. The second-order valence-electron chi connectivity index (χ2n) is 11.8. The summed E-state index contributed by atoms with van der Waals surface area (Å²) in [6, 6.07) is 4.11. The lowest BCUT2D eigenvalue weighted by atomic mass is 9.57. The first-order valence-electron chi connectivity index (χ1n) is 13.8. The first-order valence-corrected chi connectivity index (χ1v) is 13.8. The fourth-order valence-corrected chi connectivity index (χ4v) is 6.79. The number of fused-ring (bicyclic) bond motifs is 3. The number of pyridine rings is 1. The van der Waals surface area contributed by atoms with E-state index in [9.17, 15) is 40.0 Å². The number of ketones is 2. The molecule has 0 aliphatic heterocycles. The molecule has 3 aliphatic carbocycles. The molecule has 1 saturated carbocycles. The number of aromatic nitrogens is 1. The van der Waals surface area contributed by atoms with Crippen molar-refractivity contribution in [1.82, 2.24) is 10.2 Å². The van der Waals surface area contributed by atoms with E-state index in [1.54, 1.807) is 32.3 Å². The monoisotopic (exact) mass is 594 g/mol. The molecule has 0 radical (unpaired) electrons. The second-order valence-corrected chi connectivity index (χ2v) is 11.8. The molecule has 1 fully saturated rings. The minimum Gasteiger partial charge on any atom is -0.508 e. The molecule has 4 atom stereocenters. The van der Waals surface area contributed by atoms with Gasteiger partial charge in [-0.05, 0) is 50.0 Å². The average molecular weight is 595 g/mol. The maximum Gasteiger partial charge on any atom is 0.255 e. The number of hydrogen-bond acceptors (Lipinski definition) is 11. The number of phenolic OH excluding ortho intramolecular Hbond substituents is 1. The molecule has 0 unspecified atom stereocenters. The van der Waals surface area contributed by atoms with E-state index in [0.717, 1.165) is 10.3 Å². The third kappa shape index (κ3) is 4.60. The number of anilines is 1. The van der Waals surface area contributed by atoms with Crippen LogP contribution in [-0.2, 0) is 33.9 Å². The van der Waals surface area contributed by atoms with E-state index in [1.165, 1.54) is 17.3 Å². The lowest BCUT2D eigenvalue weighted by Crippen LogP contribution is -2.65. The molecule has 8 N–H and O–H groups in total. The molecule has 13 nitrogen and oxygen atoms in total. The van der Waals surface area contributed by atoms with E-state index in [2.05, 4.69) is 5.32 Å². The smallest absolute Gasteiger partial charge is 0.255 e. The van der Waals surface area contributed by atoms with Gasteiger partial charge in [-0.15, -0.1) is 0 Å². The SMILES string of the molecule is CN(C)c1cc(CNCc2cc[n+](O)cc2)c(O)c2c1C[C@H]1C[C@H]3[C@H](N(C)C)C(=O)C(C(N)=O)=C(O)[C@@]3(O)C(=O)C1=C2O. The number of amides is 1. The van der Waals surface area contributed by atoms with Crippen LogP contribution >= 0.6 is 0 Å². The molecule has 2 aromatic rings. The Morgan fingerprint density at radius 3 is 2.35 bits per heavy atom. The van der Waals surface area contributed by atoms with Crippen molar-refractivity contribution >= 4 is 28.9 Å². The summed E-state index contributed by atoms with van der Waals surface area (Å²) < 4.78 is 0.924. The predicted molar refractivity (Wildman–Crippen MR) is 153 cm³/mol. The second kappa shape index (κ2) is 10.7. The number of nitrogens with one attached hydrogen (secondary N) is 1. The molecule has 0 saturated heterocycles.